The first-order chi connectivity index (χ1) is 15.2. The number of anilines is 1. The monoisotopic (exact) mass is 418 g/mol. The van der Waals surface area contributed by atoms with Crippen LogP contribution in [-0.4, -0.2) is 60.5 Å². The van der Waals surface area contributed by atoms with Crippen LogP contribution in [0.1, 0.15) is 11.1 Å². The molecule has 0 aliphatic carbocycles. The van der Waals surface area contributed by atoms with Gasteiger partial charge in [0.2, 0.25) is 0 Å². The van der Waals surface area contributed by atoms with Crippen molar-refractivity contribution >= 4 is 5.69 Å². The molecular formula is C26H30N2O3. The lowest BCUT2D eigenvalue weighted by Gasteiger charge is -2.37. The van der Waals surface area contributed by atoms with Crippen molar-refractivity contribution in [2.45, 2.75) is 12.5 Å². The van der Waals surface area contributed by atoms with Crippen molar-refractivity contribution in [3.05, 3.63) is 90.0 Å². The van der Waals surface area contributed by atoms with Gasteiger partial charge in [-0.25, -0.2) is 0 Å². The number of hydrogen-bond donors (Lipinski definition) is 2. The molecule has 0 radical (unpaired) electrons. The smallest absolute Gasteiger partial charge is 0.119 e. The van der Waals surface area contributed by atoms with E-state index in [1.807, 2.05) is 6.07 Å². The molecule has 162 valence electrons. The average Bonchev–Trinajstić information content (AvgIpc) is 2.80. The van der Waals surface area contributed by atoms with Crippen LogP contribution in [0.5, 0.6) is 11.5 Å². The van der Waals surface area contributed by atoms with Gasteiger partial charge in [-0.15, -0.1) is 0 Å². The standard InChI is InChI=1S/C26H30N2O3/c29-24-10-12-26(13-11-24)31-20-25(30)19-27-14-16-28(17-15-27)23-8-6-22(7-9-23)18-21-4-2-1-3-5-21/h1-13,25,29-30H,14-20H2/t25-/m0/s1. The number of phenolic OH excluding ortho intramolecular Hbond substituents is 1. The number of benzene rings is 3. The molecule has 31 heavy (non-hydrogen) atoms. The lowest BCUT2D eigenvalue weighted by atomic mass is 10.0. The number of hydrogen-bond acceptors (Lipinski definition) is 5. The maximum Gasteiger partial charge on any atom is 0.119 e. The minimum Gasteiger partial charge on any atom is -0.508 e. The number of ether oxygens (including phenoxy) is 1. The van der Waals surface area contributed by atoms with Crippen LogP contribution in [0, 0.1) is 0 Å². The third-order valence-electron chi connectivity index (χ3n) is 5.67. The Morgan fingerprint density at radius 2 is 1.42 bits per heavy atom. The van der Waals surface area contributed by atoms with E-state index in [1.165, 1.54) is 16.8 Å². The second kappa shape index (κ2) is 10.3. The summed E-state index contributed by atoms with van der Waals surface area (Å²) in [4.78, 5) is 4.69. The SMILES string of the molecule is Oc1ccc(OC[C@@H](O)CN2CCN(c3ccc(Cc4ccccc4)cc3)CC2)cc1. The fourth-order valence-electron chi connectivity index (χ4n) is 3.93. The molecule has 1 atom stereocenters. The summed E-state index contributed by atoms with van der Waals surface area (Å²) in [5.41, 5.74) is 3.91. The summed E-state index contributed by atoms with van der Waals surface area (Å²) in [5.74, 6) is 0.856. The zero-order valence-electron chi connectivity index (χ0n) is 17.7. The van der Waals surface area contributed by atoms with E-state index in [1.54, 1.807) is 24.3 Å². The van der Waals surface area contributed by atoms with E-state index in [-0.39, 0.29) is 12.4 Å². The molecule has 0 unspecified atom stereocenters. The number of β-amino-alcohol motifs (C(OH)–C–C–N with tert-alkyl or cyclic N) is 1. The van der Waals surface area contributed by atoms with Gasteiger partial charge in [-0.2, -0.15) is 0 Å². The summed E-state index contributed by atoms with van der Waals surface area (Å²) >= 11 is 0. The molecule has 0 bridgehead atoms. The first-order valence-corrected chi connectivity index (χ1v) is 10.9. The van der Waals surface area contributed by atoms with Crippen molar-refractivity contribution in [1.82, 2.24) is 4.90 Å². The van der Waals surface area contributed by atoms with Gasteiger partial charge < -0.3 is 19.8 Å². The minimum absolute atomic E-state index is 0.205. The molecule has 5 heteroatoms. The predicted octanol–water partition coefficient (Wildman–Crippen LogP) is 3.54. The van der Waals surface area contributed by atoms with Gasteiger partial charge in [-0.05, 0) is 53.9 Å². The second-order valence-corrected chi connectivity index (χ2v) is 8.08. The Bertz CT molecular complexity index is 921. The van der Waals surface area contributed by atoms with Gasteiger partial charge in [0.25, 0.3) is 0 Å². The molecule has 3 aromatic rings. The molecule has 0 amide bonds. The maximum absolute atomic E-state index is 10.3. The lowest BCUT2D eigenvalue weighted by Crippen LogP contribution is -2.49. The molecule has 4 rings (SSSR count). The number of aliphatic hydroxyl groups excluding tert-OH is 1. The Morgan fingerprint density at radius 3 is 2.10 bits per heavy atom. The highest BCUT2D eigenvalue weighted by Crippen LogP contribution is 2.20. The highest BCUT2D eigenvalue weighted by atomic mass is 16.5. The molecule has 1 heterocycles. The Balaban J connectivity index is 1.20. The fourth-order valence-corrected chi connectivity index (χ4v) is 3.93. The summed E-state index contributed by atoms with van der Waals surface area (Å²) in [7, 11) is 0. The summed E-state index contributed by atoms with van der Waals surface area (Å²) < 4.78 is 5.61. The van der Waals surface area contributed by atoms with Gasteiger partial charge in [0.1, 0.15) is 24.2 Å². The zero-order chi connectivity index (χ0) is 21.5. The predicted molar refractivity (Wildman–Crippen MR) is 124 cm³/mol. The number of rotatable bonds is 8. The summed E-state index contributed by atoms with van der Waals surface area (Å²) in [6.07, 6.45) is 0.413. The molecule has 2 N–H and O–H groups in total. The van der Waals surface area contributed by atoms with E-state index < -0.39 is 6.10 Å². The van der Waals surface area contributed by atoms with Gasteiger partial charge in [0.15, 0.2) is 0 Å². The van der Waals surface area contributed by atoms with Gasteiger partial charge in [0.05, 0.1) is 0 Å². The number of nitrogens with zero attached hydrogens (tertiary/aromatic N) is 2. The Labute approximate surface area is 184 Å². The molecule has 1 aliphatic heterocycles. The Kier molecular flexibility index (Phi) is 7.07. The van der Waals surface area contributed by atoms with Crippen molar-refractivity contribution in [1.29, 1.82) is 0 Å². The van der Waals surface area contributed by atoms with Crippen LogP contribution in [0.3, 0.4) is 0 Å². The minimum atomic E-state index is -0.544. The quantitative estimate of drug-likeness (QED) is 0.586. The highest BCUT2D eigenvalue weighted by molar-refractivity contribution is 5.48. The number of aliphatic hydroxyl groups is 1. The topological polar surface area (TPSA) is 56.2 Å². The van der Waals surface area contributed by atoms with E-state index in [0.29, 0.717) is 12.3 Å². The molecular weight excluding hydrogens is 388 g/mol. The van der Waals surface area contributed by atoms with Crippen molar-refractivity contribution in [3.8, 4) is 11.5 Å². The lowest BCUT2D eigenvalue weighted by molar-refractivity contribution is 0.0663. The van der Waals surface area contributed by atoms with Gasteiger partial charge in [-0.1, -0.05) is 42.5 Å². The van der Waals surface area contributed by atoms with Crippen LogP contribution in [0.2, 0.25) is 0 Å². The average molecular weight is 419 g/mol. The third kappa shape index (κ3) is 6.23. The van der Waals surface area contributed by atoms with E-state index in [9.17, 15) is 10.2 Å². The number of aromatic hydroxyl groups is 1. The van der Waals surface area contributed by atoms with E-state index >= 15 is 0 Å². The number of piperazine rings is 1. The molecule has 1 fully saturated rings. The van der Waals surface area contributed by atoms with Gasteiger partial charge in [0, 0.05) is 38.4 Å². The maximum atomic E-state index is 10.3. The second-order valence-electron chi connectivity index (χ2n) is 8.08. The normalized spacial score (nSPS) is 15.6. The van der Waals surface area contributed by atoms with Crippen LogP contribution in [0.4, 0.5) is 5.69 Å². The van der Waals surface area contributed by atoms with Crippen LogP contribution in [0.25, 0.3) is 0 Å². The van der Waals surface area contributed by atoms with E-state index in [4.69, 9.17) is 4.74 Å². The first-order valence-electron chi connectivity index (χ1n) is 10.9. The largest absolute Gasteiger partial charge is 0.508 e. The molecule has 1 aliphatic rings. The van der Waals surface area contributed by atoms with Gasteiger partial charge in [-0.3, -0.25) is 4.90 Å². The molecule has 0 saturated carbocycles. The summed E-state index contributed by atoms with van der Waals surface area (Å²) in [6, 6.07) is 26.0. The molecule has 1 saturated heterocycles. The highest BCUT2D eigenvalue weighted by Gasteiger charge is 2.20. The van der Waals surface area contributed by atoms with Crippen molar-refractivity contribution in [2.24, 2.45) is 0 Å². The van der Waals surface area contributed by atoms with E-state index in [0.717, 1.165) is 32.6 Å². The summed E-state index contributed by atoms with van der Waals surface area (Å²) in [6.45, 7) is 4.58. The molecule has 3 aromatic carbocycles. The third-order valence-corrected chi connectivity index (χ3v) is 5.67. The van der Waals surface area contributed by atoms with Crippen LogP contribution in [0.15, 0.2) is 78.9 Å². The van der Waals surface area contributed by atoms with Crippen LogP contribution < -0.4 is 9.64 Å². The van der Waals surface area contributed by atoms with E-state index in [2.05, 4.69) is 58.3 Å². The fraction of sp³-hybridized carbons (Fsp3) is 0.308. The zero-order valence-corrected chi connectivity index (χ0v) is 17.7. The first kappa shape index (κ1) is 21.2. The van der Waals surface area contributed by atoms with Gasteiger partial charge >= 0.3 is 0 Å². The summed E-state index contributed by atoms with van der Waals surface area (Å²) in [5, 5.41) is 19.6. The molecule has 0 aromatic heterocycles. The Morgan fingerprint density at radius 1 is 0.774 bits per heavy atom. The van der Waals surface area contributed by atoms with Crippen LogP contribution >= 0.6 is 0 Å². The van der Waals surface area contributed by atoms with Crippen molar-refractivity contribution < 1.29 is 14.9 Å². The van der Waals surface area contributed by atoms with Crippen molar-refractivity contribution in [2.75, 3.05) is 44.2 Å². The van der Waals surface area contributed by atoms with Crippen LogP contribution in [-0.2, 0) is 6.42 Å². The Hall–Kier alpha value is -3.02. The number of phenols is 1. The van der Waals surface area contributed by atoms with Crippen molar-refractivity contribution in [3.63, 3.8) is 0 Å². The molecule has 0 spiro atoms. The molecule has 5 nitrogen and oxygen atoms in total.